The Morgan fingerprint density at radius 2 is 2.10 bits per heavy atom. The minimum Gasteiger partial charge on any atom is -0.480 e. The van der Waals surface area contributed by atoms with Gasteiger partial charge in [-0.25, -0.2) is 4.72 Å². The quantitative estimate of drug-likeness (QED) is 0.611. The van der Waals surface area contributed by atoms with Crippen molar-refractivity contribution < 1.29 is 18.3 Å². The zero-order valence-electron chi connectivity index (χ0n) is 10.8. The fourth-order valence-electron chi connectivity index (χ4n) is 1.95. The number of nitrogens with one attached hydrogen (secondary N) is 3. The van der Waals surface area contributed by atoms with Crippen LogP contribution in [-0.4, -0.2) is 37.6 Å². The molecule has 0 aliphatic heterocycles. The number of aliphatic carboxylic acids is 1. The molecule has 1 heterocycles. The minimum absolute atomic E-state index is 0.0558. The summed E-state index contributed by atoms with van der Waals surface area (Å²) in [5.74, 6) is -1.23. The fraction of sp³-hybridized carbons (Fsp3) is 0.250. The molecule has 0 saturated carbocycles. The predicted octanol–water partition coefficient (Wildman–Crippen LogP) is 0.217. The lowest BCUT2D eigenvalue weighted by Crippen LogP contribution is -2.46. The Morgan fingerprint density at radius 3 is 2.75 bits per heavy atom. The van der Waals surface area contributed by atoms with Gasteiger partial charge in [-0.1, -0.05) is 18.2 Å². The third kappa shape index (κ3) is 3.16. The van der Waals surface area contributed by atoms with E-state index in [9.17, 15) is 13.2 Å². The van der Waals surface area contributed by atoms with Gasteiger partial charge in [0.2, 0.25) is 0 Å². The van der Waals surface area contributed by atoms with Crippen LogP contribution < -0.4 is 9.44 Å². The fourth-order valence-corrected chi connectivity index (χ4v) is 2.62. The number of hydrogen-bond donors (Lipinski definition) is 4. The molecule has 4 N–H and O–H groups in total. The number of para-hydroxylation sites is 1. The van der Waals surface area contributed by atoms with E-state index in [1.807, 2.05) is 29.0 Å². The standard InChI is InChI=1S/C12H15N3O4S/c1-13-20(18,19)15-11(12(16)17)6-8-7-14-10-5-3-2-4-9(8)10/h2-5,7,11,13-15H,6H2,1H3,(H,16,17). The van der Waals surface area contributed by atoms with Gasteiger partial charge >= 0.3 is 5.97 Å². The Balaban J connectivity index is 2.27. The molecule has 0 aliphatic carbocycles. The van der Waals surface area contributed by atoms with E-state index in [1.165, 1.54) is 7.05 Å². The van der Waals surface area contributed by atoms with Gasteiger partial charge in [0.05, 0.1) is 0 Å². The minimum atomic E-state index is -3.81. The highest BCUT2D eigenvalue weighted by molar-refractivity contribution is 7.87. The Labute approximate surface area is 116 Å². The monoisotopic (exact) mass is 297 g/mol. The SMILES string of the molecule is CNS(=O)(=O)NC(Cc1c[nH]c2ccccc12)C(=O)O. The molecule has 1 aromatic heterocycles. The largest absolute Gasteiger partial charge is 0.480 e. The van der Waals surface area contributed by atoms with Crippen LogP contribution in [0, 0.1) is 0 Å². The maximum absolute atomic E-state index is 11.4. The first kappa shape index (κ1) is 14.5. The predicted molar refractivity (Wildman–Crippen MR) is 74.5 cm³/mol. The summed E-state index contributed by atoms with van der Waals surface area (Å²) in [6.45, 7) is 0. The molecule has 20 heavy (non-hydrogen) atoms. The maximum atomic E-state index is 11.4. The molecule has 1 aromatic carbocycles. The van der Waals surface area contributed by atoms with Crippen LogP contribution in [0.25, 0.3) is 10.9 Å². The second kappa shape index (κ2) is 5.61. The summed E-state index contributed by atoms with van der Waals surface area (Å²) in [7, 11) is -2.60. The molecule has 108 valence electrons. The molecule has 0 bridgehead atoms. The van der Waals surface area contributed by atoms with Crippen molar-refractivity contribution in [3.8, 4) is 0 Å². The number of carbonyl (C=O) groups is 1. The molecule has 0 spiro atoms. The number of aromatic amines is 1. The summed E-state index contributed by atoms with van der Waals surface area (Å²) in [5, 5.41) is 10.0. The van der Waals surface area contributed by atoms with Crippen LogP contribution in [0.5, 0.6) is 0 Å². The van der Waals surface area contributed by atoms with Crippen LogP contribution in [0.3, 0.4) is 0 Å². The second-order valence-electron chi connectivity index (χ2n) is 4.28. The topological polar surface area (TPSA) is 111 Å². The molecule has 1 atom stereocenters. The van der Waals surface area contributed by atoms with E-state index < -0.39 is 22.2 Å². The van der Waals surface area contributed by atoms with Crippen molar-refractivity contribution >= 4 is 27.1 Å². The van der Waals surface area contributed by atoms with E-state index in [1.54, 1.807) is 6.20 Å². The molecule has 0 fully saturated rings. The van der Waals surface area contributed by atoms with E-state index in [0.29, 0.717) is 0 Å². The molecule has 0 radical (unpaired) electrons. The zero-order chi connectivity index (χ0) is 14.8. The number of H-pyrrole nitrogens is 1. The first-order valence-electron chi connectivity index (χ1n) is 5.91. The first-order valence-corrected chi connectivity index (χ1v) is 7.40. The van der Waals surface area contributed by atoms with E-state index in [2.05, 4.69) is 9.71 Å². The van der Waals surface area contributed by atoms with E-state index >= 15 is 0 Å². The number of aromatic nitrogens is 1. The van der Waals surface area contributed by atoms with Crippen LogP contribution in [0.15, 0.2) is 30.5 Å². The first-order chi connectivity index (χ1) is 9.43. The van der Waals surface area contributed by atoms with Gasteiger partial charge < -0.3 is 10.1 Å². The van der Waals surface area contributed by atoms with Crippen molar-refractivity contribution in [2.24, 2.45) is 0 Å². The number of benzene rings is 1. The van der Waals surface area contributed by atoms with Gasteiger partial charge in [-0.3, -0.25) is 4.79 Å². The van der Waals surface area contributed by atoms with Gasteiger partial charge in [0.15, 0.2) is 0 Å². The number of carboxylic acid groups (broad SMARTS) is 1. The maximum Gasteiger partial charge on any atom is 0.322 e. The van der Waals surface area contributed by atoms with Crippen LogP contribution in [0.2, 0.25) is 0 Å². The highest BCUT2D eigenvalue weighted by atomic mass is 32.2. The lowest BCUT2D eigenvalue weighted by Gasteiger charge is -2.13. The van der Waals surface area contributed by atoms with Crippen LogP contribution in [-0.2, 0) is 21.4 Å². The molecule has 0 aliphatic rings. The van der Waals surface area contributed by atoms with Gasteiger partial charge in [-0.2, -0.15) is 13.1 Å². The zero-order valence-corrected chi connectivity index (χ0v) is 11.6. The number of fused-ring (bicyclic) bond motifs is 1. The van der Waals surface area contributed by atoms with Crippen molar-refractivity contribution in [1.82, 2.24) is 14.4 Å². The molecule has 2 aromatic rings. The molecule has 1 unspecified atom stereocenters. The average Bonchev–Trinajstić information content (AvgIpc) is 2.81. The van der Waals surface area contributed by atoms with Crippen LogP contribution >= 0.6 is 0 Å². The van der Waals surface area contributed by atoms with E-state index in [4.69, 9.17) is 5.11 Å². The van der Waals surface area contributed by atoms with Crippen molar-refractivity contribution in [3.05, 3.63) is 36.0 Å². The smallest absolute Gasteiger partial charge is 0.322 e. The number of carboxylic acids is 1. The van der Waals surface area contributed by atoms with Crippen molar-refractivity contribution in [1.29, 1.82) is 0 Å². The molecular formula is C12H15N3O4S. The summed E-state index contributed by atoms with van der Waals surface area (Å²) in [6, 6.07) is 6.19. The van der Waals surface area contributed by atoms with Gasteiger partial charge in [-0.15, -0.1) is 0 Å². The Kier molecular flexibility index (Phi) is 4.07. The molecule has 8 heteroatoms. The number of rotatable bonds is 6. The normalized spacial score (nSPS) is 13.4. The number of hydrogen-bond acceptors (Lipinski definition) is 3. The summed E-state index contributed by atoms with van der Waals surface area (Å²) in [4.78, 5) is 14.2. The average molecular weight is 297 g/mol. The third-order valence-electron chi connectivity index (χ3n) is 2.96. The van der Waals surface area contributed by atoms with E-state index in [0.717, 1.165) is 16.5 Å². The Bertz CT molecular complexity index is 723. The summed E-state index contributed by atoms with van der Waals surface area (Å²) >= 11 is 0. The highest BCUT2D eigenvalue weighted by Gasteiger charge is 2.24. The third-order valence-corrected chi connectivity index (χ3v) is 4.10. The van der Waals surface area contributed by atoms with Crippen LogP contribution in [0.4, 0.5) is 0 Å². The lowest BCUT2D eigenvalue weighted by molar-refractivity contribution is -0.138. The van der Waals surface area contributed by atoms with E-state index in [-0.39, 0.29) is 6.42 Å². The van der Waals surface area contributed by atoms with Gasteiger partial charge in [0.25, 0.3) is 10.2 Å². The highest BCUT2D eigenvalue weighted by Crippen LogP contribution is 2.19. The summed E-state index contributed by atoms with van der Waals surface area (Å²) in [6.07, 6.45) is 1.74. The Hall–Kier alpha value is -1.90. The summed E-state index contributed by atoms with van der Waals surface area (Å²) < 4.78 is 27.0. The van der Waals surface area contributed by atoms with Crippen molar-refractivity contribution in [2.75, 3.05) is 7.05 Å². The molecule has 7 nitrogen and oxygen atoms in total. The molecule has 0 amide bonds. The van der Waals surface area contributed by atoms with Crippen molar-refractivity contribution in [3.63, 3.8) is 0 Å². The van der Waals surface area contributed by atoms with Gasteiger partial charge in [0.1, 0.15) is 6.04 Å². The molecule has 0 saturated heterocycles. The Morgan fingerprint density at radius 1 is 1.40 bits per heavy atom. The van der Waals surface area contributed by atoms with Crippen LogP contribution in [0.1, 0.15) is 5.56 Å². The lowest BCUT2D eigenvalue weighted by atomic mass is 10.1. The second-order valence-corrected chi connectivity index (χ2v) is 5.93. The van der Waals surface area contributed by atoms with Gasteiger partial charge in [0, 0.05) is 30.6 Å². The van der Waals surface area contributed by atoms with Crippen molar-refractivity contribution in [2.45, 2.75) is 12.5 Å². The molecular weight excluding hydrogens is 282 g/mol. The molecule has 2 rings (SSSR count). The van der Waals surface area contributed by atoms with Gasteiger partial charge in [-0.05, 0) is 11.6 Å². The summed E-state index contributed by atoms with van der Waals surface area (Å²) in [5.41, 5.74) is 1.62.